The molecule has 0 heterocycles. The van der Waals surface area contributed by atoms with Gasteiger partial charge in [0.25, 0.3) is 0 Å². The molecular formula is C15H10Cl2O3. The first-order valence-corrected chi connectivity index (χ1v) is 6.44. The fraction of sp³-hybridized carbons (Fsp3) is 0. The average molecular weight is 309 g/mol. The van der Waals surface area contributed by atoms with Crippen LogP contribution in [0.1, 0.15) is 5.56 Å². The van der Waals surface area contributed by atoms with Crippen molar-refractivity contribution in [3.8, 4) is 11.5 Å². The molecule has 0 fully saturated rings. The molecule has 0 saturated carbocycles. The summed E-state index contributed by atoms with van der Waals surface area (Å²) in [5.74, 6) is 0.0608. The van der Waals surface area contributed by atoms with Crippen molar-refractivity contribution in [3.63, 3.8) is 0 Å². The summed E-state index contributed by atoms with van der Waals surface area (Å²) >= 11 is 11.9. The summed E-state index contributed by atoms with van der Waals surface area (Å²) in [6.07, 6.45) is 2.57. The Hall–Kier alpha value is -1.97. The van der Waals surface area contributed by atoms with Crippen LogP contribution in [0.25, 0.3) is 6.08 Å². The zero-order chi connectivity index (χ0) is 14.5. The smallest absolute Gasteiger partial charge is 0.328 e. The lowest BCUT2D eigenvalue weighted by Crippen LogP contribution is -1.87. The number of carboxylic acids is 1. The van der Waals surface area contributed by atoms with Gasteiger partial charge in [0.2, 0.25) is 0 Å². The van der Waals surface area contributed by atoms with Gasteiger partial charge in [-0.2, -0.15) is 0 Å². The molecule has 0 radical (unpaired) electrons. The molecule has 2 aromatic rings. The maximum absolute atomic E-state index is 10.4. The van der Waals surface area contributed by atoms with Crippen molar-refractivity contribution in [3.05, 3.63) is 64.1 Å². The Morgan fingerprint density at radius 1 is 1.10 bits per heavy atom. The van der Waals surface area contributed by atoms with Crippen molar-refractivity contribution in [2.24, 2.45) is 0 Å². The molecule has 20 heavy (non-hydrogen) atoms. The monoisotopic (exact) mass is 308 g/mol. The summed E-state index contributed by atoms with van der Waals surface area (Å²) in [7, 11) is 0. The Bertz CT molecular complexity index is 649. The van der Waals surface area contributed by atoms with Crippen molar-refractivity contribution in [1.29, 1.82) is 0 Å². The summed E-state index contributed by atoms with van der Waals surface area (Å²) in [6.45, 7) is 0. The van der Waals surface area contributed by atoms with Crippen LogP contribution in [0.3, 0.4) is 0 Å². The van der Waals surface area contributed by atoms with Crippen LogP contribution in [0, 0.1) is 0 Å². The highest BCUT2D eigenvalue weighted by Crippen LogP contribution is 2.31. The second-order valence-corrected chi connectivity index (χ2v) is 4.76. The van der Waals surface area contributed by atoms with E-state index in [0.717, 1.165) is 11.6 Å². The van der Waals surface area contributed by atoms with E-state index in [1.807, 2.05) is 0 Å². The van der Waals surface area contributed by atoms with Gasteiger partial charge in [0.05, 0.1) is 5.02 Å². The van der Waals surface area contributed by atoms with E-state index >= 15 is 0 Å². The van der Waals surface area contributed by atoms with Gasteiger partial charge in [0, 0.05) is 17.2 Å². The van der Waals surface area contributed by atoms with E-state index in [4.69, 9.17) is 33.0 Å². The molecule has 5 heteroatoms. The summed E-state index contributed by atoms with van der Waals surface area (Å²) in [5, 5.41) is 9.54. The molecular weight excluding hydrogens is 299 g/mol. The number of carboxylic acid groups (broad SMARTS) is 1. The summed E-state index contributed by atoms with van der Waals surface area (Å²) in [6, 6.07) is 11.9. The lowest BCUT2D eigenvalue weighted by Gasteiger charge is -2.08. The minimum absolute atomic E-state index is 0.462. The zero-order valence-corrected chi connectivity index (χ0v) is 11.7. The van der Waals surface area contributed by atoms with E-state index in [9.17, 15) is 4.79 Å². The number of halogens is 2. The predicted octanol–water partition coefficient (Wildman–Crippen LogP) is 4.88. The molecule has 0 aromatic heterocycles. The molecule has 2 rings (SSSR count). The van der Waals surface area contributed by atoms with Crippen molar-refractivity contribution in [1.82, 2.24) is 0 Å². The Labute approximate surface area is 126 Å². The third-order valence-corrected chi connectivity index (χ3v) is 2.97. The SMILES string of the molecule is O=C(O)/C=C/c1ccc(Oc2cc(Cl)ccc2Cl)cc1. The standard InChI is InChI=1S/C15H10Cl2O3/c16-11-4-7-13(17)14(9-11)20-12-5-1-10(2-6-12)3-8-15(18)19/h1-9H,(H,18,19)/b8-3+. The molecule has 2 aromatic carbocycles. The minimum atomic E-state index is -0.990. The Morgan fingerprint density at radius 2 is 1.80 bits per heavy atom. The fourth-order valence-electron chi connectivity index (χ4n) is 1.50. The van der Waals surface area contributed by atoms with Gasteiger partial charge in [-0.05, 0) is 35.9 Å². The maximum atomic E-state index is 10.4. The number of carbonyl (C=O) groups is 1. The minimum Gasteiger partial charge on any atom is -0.478 e. The number of hydrogen-bond acceptors (Lipinski definition) is 2. The van der Waals surface area contributed by atoms with E-state index in [0.29, 0.717) is 21.5 Å². The molecule has 0 aliphatic heterocycles. The van der Waals surface area contributed by atoms with E-state index in [-0.39, 0.29) is 0 Å². The zero-order valence-electron chi connectivity index (χ0n) is 10.2. The first-order chi connectivity index (χ1) is 9.54. The lowest BCUT2D eigenvalue weighted by molar-refractivity contribution is -0.131. The maximum Gasteiger partial charge on any atom is 0.328 e. The number of aliphatic carboxylic acids is 1. The van der Waals surface area contributed by atoms with Crippen LogP contribution >= 0.6 is 23.2 Å². The van der Waals surface area contributed by atoms with Crippen LogP contribution in [-0.4, -0.2) is 11.1 Å². The van der Waals surface area contributed by atoms with Crippen molar-refractivity contribution in [2.75, 3.05) is 0 Å². The van der Waals surface area contributed by atoms with E-state index < -0.39 is 5.97 Å². The highest BCUT2D eigenvalue weighted by Gasteiger charge is 2.04. The molecule has 0 amide bonds. The molecule has 0 aliphatic rings. The van der Waals surface area contributed by atoms with Gasteiger partial charge in [-0.15, -0.1) is 0 Å². The number of hydrogen-bond donors (Lipinski definition) is 1. The Kier molecular flexibility index (Phi) is 4.66. The lowest BCUT2D eigenvalue weighted by atomic mass is 10.2. The third kappa shape index (κ3) is 4.02. The van der Waals surface area contributed by atoms with Crippen LogP contribution < -0.4 is 4.74 Å². The van der Waals surface area contributed by atoms with Crippen LogP contribution in [0.15, 0.2) is 48.5 Å². The van der Waals surface area contributed by atoms with Crippen molar-refractivity contribution >= 4 is 35.2 Å². The van der Waals surface area contributed by atoms with Gasteiger partial charge in [-0.25, -0.2) is 4.79 Å². The quantitative estimate of drug-likeness (QED) is 0.818. The molecule has 0 atom stereocenters. The van der Waals surface area contributed by atoms with Crippen LogP contribution in [-0.2, 0) is 4.79 Å². The predicted molar refractivity (Wildman–Crippen MR) is 79.6 cm³/mol. The number of rotatable bonds is 4. The first-order valence-electron chi connectivity index (χ1n) is 5.68. The van der Waals surface area contributed by atoms with E-state index in [1.54, 1.807) is 42.5 Å². The molecule has 0 saturated heterocycles. The topological polar surface area (TPSA) is 46.5 Å². The fourth-order valence-corrected chi connectivity index (χ4v) is 1.82. The van der Waals surface area contributed by atoms with E-state index in [1.165, 1.54) is 6.08 Å². The van der Waals surface area contributed by atoms with Gasteiger partial charge >= 0.3 is 5.97 Å². The highest BCUT2D eigenvalue weighted by atomic mass is 35.5. The highest BCUT2D eigenvalue weighted by molar-refractivity contribution is 6.34. The van der Waals surface area contributed by atoms with Crippen LogP contribution in [0.4, 0.5) is 0 Å². The van der Waals surface area contributed by atoms with Crippen LogP contribution in [0.5, 0.6) is 11.5 Å². The van der Waals surface area contributed by atoms with Crippen molar-refractivity contribution < 1.29 is 14.6 Å². The van der Waals surface area contributed by atoms with Gasteiger partial charge in [0.1, 0.15) is 11.5 Å². The van der Waals surface area contributed by atoms with Gasteiger partial charge in [0.15, 0.2) is 0 Å². The molecule has 102 valence electrons. The second kappa shape index (κ2) is 6.46. The summed E-state index contributed by atoms with van der Waals surface area (Å²) < 4.78 is 5.61. The first kappa shape index (κ1) is 14.4. The number of ether oxygens (including phenoxy) is 1. The molecule has 0 spiro atoms. The Balaban J connectivity index is 2.14. The normalized spacial score (nSPS) is 10.7. The summed E-state index contributed by atoms with van der Waals surface area (Å²) in [4.78, 5) is 10.4. The number of benzene rings is 2. The van der Waals surface area contributed by atoms with Crippen molar-refractivity contribution in [2.45, 2.75) is 0 Å². The molecule has 0 unspecified atom stereocenters. The third-order valence-electron chi connectivity index (χ3n) is 2.42. The molecule has 1 N–H and O–H groups in total. The molecule has 0 aliphatic carbocycles. The summed E-state index contributed by atoms with van der Waals surface area (Å²) in [5.41, 5.74) is 0.761. The van der Waals surface area contributed by atoms with Gasteiger partial charge < -0.3 is 9.84 Å². The Morgan fingerprint density at radius 3 is 2.45 bits per heavy atom. The average Bonchev–Trinajstić information content (AvgIpc) is 2.42. The van der Waals surface area contributed by atoms with Gasteiger partial charge in [-0.1, -0.05) is 35.3 Å². The molecule has 0 bridgehead atoms. The van der Waals surface area contributed by atoms with E-state index in [2.05, 4.69) is 0 Å². The van der Waals surface area contributed by atoms with Crippen LogP contribution in [0.2, 0.25) is 10.0 Å². The molecule has 3 nitrogen and oxygen atoms in total. The second-order valence-electron chi connectivity index (χ2n) is 3.92. The largest absolute Gasteiger partial charge is 0.478 e. The van der Waals surface area contributed by atoms with Gasteiger partial charge in [-0.3, -0.25) is 0 Å².